The molecule has 1 aromatic heterocycles. The Kier molecular flexibility index (Phi) is 6.30. The molecule has 1 N–H and O–H groups in total. The van der Waals surface area contributed by atoms with Crippen molar-refractivity contribution in [3.8, 4) is 6.07 Å². The van der Waals surface area contributed by atoms with Crippen molar-refractivity contribution in [3.05, 3.63) is 31.9 Å². The van der Waals surface area contributed by atoms with Crippen LogP contribution in [0.15, 0.2) is 9.70 Å². The lowest BCUT2D eigenvalue weighted by Crippen LogP contribution is -2.46. The van der Waals surface area contributed by atoms with Gasteiger partial charge in [-0.1, -0.05) is 24.0 Å². The van der Waals surface area contributed by atoms with Crippen molar-refractivity contribution < 1.29 is 14.7 Å². The van der Waals surface area contributed by atoms with Crippen LogP contribution in [0.2, 0.25) is 0 Å². The van der Waals surface area contributed by atoms with E-state index in [0.717, 1.165) is 29.8 Å². The van der Waals surface area contributed by atoms with Crippen molar-refractivity contribution in [3.63, 3.8) is 0 Å². The fourth-order valence-electron chi connectivity index (χ4n) is 3.52. The van der Waals surface area contributed by atoms with Gasteiger partial charge < -0.3 is 14.9 Å². The highest BCUT2D eigenvalue weighted by atomic mass is 32.2. The molecule has 2 aliphatic rings. The number of carboxylic acids is 1. The van der Waals surface area contributed by atoms with E-state index in [0.29, 0.717) is 30.0 Å². The molecule has 1 amide bonds. The van der Waals surface area contributed by atoms with E-state index in [4.69, 9.17) is 17.3 Å². The lowest BCUT2D eigenvalue weighted by molar-refractivity contribution is -0.140. The number of thiocarbonyl (C=S) groups is 1. The number of carboxylic acid groups (broad SMARTS) is 1. The van der Waals surface area contributed by atoms with E-state index in [-0.39, 0.29) is 20.3 Å². The first-order valence-corrected chi connectivity index (χ1v) is 10.4. The van der Waals surface area contributed by atoms with E-state index in [9.17, 15) is 19.6 Å². The summed E-state index contributed by atoms with van der Waals surface area (Å²) in [7, 11) is 3.64. The number of thioether (sulfide) groups is 1. The number of piperazine rings is 1. The summed E-state index contributed by atoms with van der Waals surface area (Å²) in [6.07, 6.45) is 1.62. The Labute approximate surface area is 183 Å². The van der Waals surface area contributed by atoms with Gasteiger partial charge in [0.25, 0.3) is 11.5 Å². The van der Waals surface area contributed by atoms with Crippen molar-refractivity contribution in [1.82, 2.24) is 14.4 Å². The maximum Gasteiger partial charge on any atom is 0.323 e. The molecule has 30 heavy (non-hydrogen) atoms. The number of pyridine rings is 1. The Morgan fingerprint density at radius 3 is 2.47 bits per heavy atom. The fraction of sp³-hybridized carbons (Fsp3) is 0.421. The number of nitriles is 1. The Hall–Kier alpha value is -2.68. The number of carbonyl (C=O) groups is 2. The molecule has 0 bridgehead atoms. The molecule has 3 rings (SSSR count). The number of carbonyl (C=O) groups excluding carboxylic acids is 1. The summed E-state index contributed by atoms with van der Waals surface area (Å²) >= 11 is 6.18. The molecule has 0 aliphatic carbocycles. The summed E-state index contributed by atoms with van der Waals surface area (Å²) < 4.78 is 1.61. The Balaban J connectivity index is 2.15. The van der Waals surface area contributed by atoms with Crippen LogP contribution < -0.4 is 10.5 Å². The Bertz CT molecular complexity index is 1060. The summed E-state index contributed by atoms with van der Waals surface area (Å²) in [6.45, 7) is 4.18. The molecule has 0 spiro atoms. The van der Waals surface area contributed by atoms with Gasteiger partial charge in [0.15, 0.2) is 0 Å². The van der Waals surface area contributed by atoms with E-state index in [1.807, 2.05) is 13.1 Å². The monoisotopic (exact) mass is 447 g/mol. The quantitative estimate of drug-likeness (QED) is 0.524. The number of likely N-dealkylation sites (N-methyl/N-ethyl adjacent to an activating group) is 1. The second kappa shape index (κ2) is 8.59. The molecule has 3 heterocycles. The zero-order valence-corrected chi connectivity index (χ0v) is 18.5. The van der Waals surface area contributed by atoms with Crippen molar-refractivity contribution in [2.24, 2.45) is 7.05 Å². The van der Waals surface area contributed by atoms with Gasteiger partial charge in [-0.25, -0.2) is 0 Å². The predicted molar refractivity (Wildman–Crippen MR) is 118 cm³/mol. The molecular formula is C19H21N5O4S2. The van der Waals surface area contributed by atoms with Crippen LogP contribution in [0.1, 0.15) is 16.7 Å². The Morgan fingerprint density at radius 2 is 1.90 bits per heavy atom. The maximum atomic E-state index is 12.7. The summed E-state index contributed by atoms with van der Waals surface area (Å²) in [5, 5.41) is 18.5. The molecule has 11 heteroatoms. The average Bonchev–Trinajstić information content (AvgIpc) is 2.95. The minimum atomic E-state index is -1.16. The first kappa shape index (κ1) is 22.0. The number of aliphatic carboxylic acids is 1. The van der Waals surface area contributed by atoms with Crippen LogP contribution in [0.3, 0.4) is 0 Å². The van der Waals surface area contributed by atoms with Crippen LogP contribution in [0.4, 0.5) is 5.82 Å². The van der Waals surface area contributed by atoms with Crippen LogP contribution >= 0.6 is 24.0 Å². The highest BCUT2D eigenvalue weighted by Gasteiger charge is 2.34. The number of anilines is 1. The third-order valence-electron chi connectivity index (χ3n) is 5.21. The number of hydrogen-bond donors (Lipinski definition) is 1. The van der Waals surface area contributed by atoms with E-state index in [2.05, 4.69) is 9.80 Å². The number of nitrogens with zero attached hydrogens (tertiary/aromatic N) is 5. The van der Waals surface area contributed by atoms with Gasteiger partial charge in [0.2, 0.25) is 0 Å². The largest absolute Gasteiger partial charge is 0.480 e. The van der Waals surface area contributed by atoms with Crippen LogP contribution in [-0.4, -0.2) is 75.4 Å². The molecule has 1 aromatic rings. The third-order valence-corrected chi connectivity index (χ3v) is 6.59. The van der Waals surface area contributed by atoms with Gasteiger partial charge in [0.05, 0.1) is 4.91 Å². The third kappa shape index (κ3) is 3.98. The molecule has 0 saturated carbocycles. The molecule has 2 saturated heterocycles. The number of rotatable bonds is 4. The molecule has 2 aliphatic heterocycles. The minimum absolute atomic E-state index is 0.0163. The second-order valence-corrected chi connectivity index (χ2v) is 8.84. The molecule has 0 aromatic carbocycles. The summed E-state index contributed by atoms with van der Waals surface area (Å²) in [4.78, 5) is 42.1. The zero-order chi connectivity index (χ0) is 22.2. The van der Waals surface area contributed by atoms with Crippen molar-refractivity contribution in [2.45, 2.75) is 6.92 Å². The van der Waals surface area contributed by atoms with Crippen molar-refractivity contribution in [1.29, 1.82) is 5.26 Å². The molecule has 158 valence electrons. The van der Waals surface area contributed by atoms with E-state index >= 15 is 0 Å². The molecule has 2 fully saturated rings. The highest BCUT2D eigenvalue weighted by Crippen LogP contribution is 2.35. The standard InChI is InChI=1S/C19H21N5O4S2/c1-11-12(8-14-18(28)24(10-15(25)26)19(29)30-14)16(22(3)17(27)13(11)9-20)23-6-4-21(2)5-7-23/h8H,4-7,10H2,1-3H3,(H,25,26)/b14-8-. The topological polar surface area (TPSA) is 110 Å². The molecule has 0 radical (unpaired) electrons. The molecule has 9 nitrogen and oxygen atoms in total. The molecule has 0 unspecified atom stereocenters. The second-order valence-electron chi connectivity index (χ2n) is 7.17. The minimum Gasteiger partial charge on any atom is -0.480 e. The van der Waals surface area contributed by atoms with Gasteiger partial charge in [-0.15, -0.1) is 0 Å². The Morgan fingerprint density at radius 1 is 1.27 bits per heavy atom. The SMILES string of the molecule is Cc1c(/C=C2\SC(=S)N(CC(=O)O)C2=O)c(N2CCN(C)CC2)n(C)c(=O)c1C#N. The number of hydrogen-bond acceptors (Lipinski definition) is 8. The summed E-state index contributed by atoms with van der Waals surface area (Å²) in [5.41, 5.74) is 0.703. The van der Waals surface area contributed by atoms with Gasteiger partial charge in [-0.3, -0.25) is 23.9 Å². The predicted octanol–water partition coefficient (Wildman–Crippen LogP) is 0.603. The summed E-state index contributed by atoms with van der Waals surface area (Å²) in [5.74, 6) is -1.02. The van der Waals surface area contributed by atoms with Crippen molar-refractivity contribution >= 4 is 52.1 Å². The molecule has 0 atom stereocenters. The maximum absolute atomic E-state index is 12.7. The van der Waals surface area contributed by atoms with Crippen LogP contribution in [-0.2, 0) is 16.6 Å². The van der Waals surface area contributed by atoms with Gasteiger partial charge in [0, 0.05) is 38.8 Å². The van der Waals surface area contributed by atoms with Gasteiger partial charge in [-0.05, 0) is 25.6 Å². The average molecular weight is 448 g/mol. The van der Waals surface area contributed by atoms with E-state index < -0.39 is 18.4 Å². The van der Waals surface area contributed by atoms with Gasteiger partial charge >= 0.3 is 5.97 Å². The van der Waals surface area contributed by atoms with Crippen LogP contribution in [0.25, 0.3) is 6.08 Å². The first-order chi connectivity index (χ1) is 14.1. The van der Waals surface area contributed by atoms with E-state index in [1.54, 1.807) is 20.0 Å². The fourth-order valence-corrected chi connectivity index (χ4v) is 4.75. The van der Waals surface area contributed by atoms with Gasteiger partial charge in [0.1, 0.15) is 28.3 Å². The lowest BCUT2D eigenvalue weighted by atomic mass is 10.0. The van der Waals surface area contributed by atoms with Crippen LogP contribution in [0, 0.1) is 18.3 Å². The van der Waals surface area contributed by atoms with Crippen molar-refractivity contribution in [2.75, 3.05) is 44.7 Å². The van der Waals surface area contributed by atoms with Crippen LogP contribution in [0.5, 0.6) is 0 Å². The highest BCUT2D eigenvalue weighted by molar-refractivity contribution is 8.26. The lowest BCUT2D eigenvalue weighted by Gasteiger charge is -2.36. The zero-order valence-electron chi connectivity index (χ0n) is 16.8. The number of aromatic nitrogens is 1. The smallest absolute Gasteiger partial charge is 0.323 e. The normalized spacial score (nSPS) is 18.9. The van der Waals surface area contributed by atoms with E-state index in [1.165, 1.54) is 4.57 Å². The van der Waals surface area contributed by atoms with Gasteiger partial charge in [-0.2, -0.15) is 5.26 Å². The summed E-state index contributed by atoms with van der Waals surface area (Å²) in [6, 6.07) is 1.97. The first-order valence-electron chi connectivity index (χ1n) is 9.20. The molecular weight excluding hydrogens is 426 g/mol. The number of amides is 1.